The van der Waals surface area contributed by atoms with E-state index in [9.17, 15) is 9.18 Å². The summed E-state index contributed by atoms with van der Waals surface area (Å²) in [6, 6.07) is 14.4. The fourth-order valence-electron chi connectivity index (χ4n) is 3.00. The van der Waals surface area contributed by atoms with E-state index in [1.165, 1.54) is 17.0 Å². The van der Waals surface area contributed by atoms with Crippen LogP contribution in [0.2, 0.25) is 0 Å². The van der Waals surface area contributed by atoms with E-state index in [1.807, 2.05) is 48.2 Å². The minimum atomic E-state index is -0.202. The Morgan fingerprint density at radius 2 is 1.79 bits per heavy atom. The normalized spacial score (nSPS) is 15.3. The first kappa shape index (κ1) is 16.5. The Bertz CT molecular complexity index is 694. The molecule has 0 saturated carbocycles. The van der Waals surface area contributed by atoms with Crippen LogP contribution >= 0.6 is 0 Å². The molecule has 24 heavy (non-hydrogen) atoms. The second-order valence-electron chi connectivity index (χ2n) is 6.29. The lowest BCUT2D eigenvalue weighted by molar-refractivity contribution is -0.917. The lowest BCUT2D eigenvalue weighted by Gasteiger charge is -2.32. The molecule has 0 spiro atoms. The molecular weight excluding hydrogens is 305 g/mol. The van der Waals surface area contributed by atoms with Crippen molar-refractivity contribution in [3.05, 3.63) is 65.5 Å². The van der Waals surface area contributed by atoms with Crippen LogP contribution in [-0.2, 0) is 6.54 Å². The van der Waals surface area contributed by atoms with Crippen molar-refractivity contribution >= 4 is 11.7 Å². The number of rotatable bonds is 3. The molecule has 1 heterocycles. The van der Waals surface area contributed by atoms with Gasteiger partial charge in [-0.05, 0) is 30.7 Å². The largest absolute Gasteiger partial charge is 0.328 e. The van der Waals surface area contributed by atoms with Gasteiger partial charge in [-0.25, -0.2) is 9.18 Å². The average Bonchev–Trinajstić information content (AvgIpc) is 2.59. The summed E-state index contributed by atoms with van der Waals surface area (Å²) in [6.07, 6.45) is 0. The Morgan fingerprint density at radius 1 is 1.12 bits per heavy atom. The molecule has 2 N–H and O–H groups in total. The van der Waals surface area contributed by atoms with Crippen molar-refractivity contribution in [1.29, 1.82) is 0 Å². The van der Waals surface area contributed by atoms with Gasteiger partial charge in [-0.2, -0.15) is 0 Å². The molecule has 0 aliphatic carbocycles. The van der Waals surface area contributed by atoms with Gasteiger partial charge in [-0.15, -0.1) is 0 Å². The number of hydrogen-bond acceptors (Lipinski definition) is 1. The molecule has 1 aliphatic heterocycles. The van der Waals surface area contributed by atoms with Gasteiger partial charge in [0, 0.05) is 11.3 Å². The molecular formula is C19H23FN3O+. The van der Waals surface area contributed by atoms with Crippen molar-refractivity contribution in [1.82, 2.24) is 4.90 Å². The number of benzene rings is 2. The highest BCUT2D eigenvalue weighted by Crippen LogP contribution is 2.13. The number of aryl methyl sites for hydroxylation is 1. The molecule has 1 saturated heterocycles. The summed E-state index contributed by atoms with van der Waals surface area (Å²) < 4.78 is 13.0. The maximum absolute atomic E-state index is 13.0. The summed E-state index contributed by atoms with van der Waals surface area (Å²) in [4.78, 5) is 15.7. The minimum Gasteiger partial charge on any atom is -0.328 e. The monoisotopic (exact) mass is 328 g/mol. The number of amides is 2. The smallest absolute Gasteiger partial charge is 0.322 e. The van der Waals surface area contributed by atoms with Gasteiger partial charge in [0.15, 0.2) is 0 Å². The fourth-order valence-corrected chi connectivity index (χ4v) is 3.00. The molecule has 2 aromatic carbocycles. The van der Waals surface area contributed by atoms with E-state index in [0.717, 1.165) is 49.5 Å². The van der Waals surface area contributed by atoms with Crippen LogP contribution in [0, 0.1) is 12.7 Å². The second kappa shape index (κ2) is 7.45. The first-order valence-corrected chi connectivity index (χ1v) is 8.31. The maximum atomic E-state index is 13.0. The third-order valence-electron chi connectivity index (χ3n) is 4.51. The van der Waals surface area contributed by atoms with Gasteiger partial charge in [0.25, 0.3) is 0 Å². The third-order valence-corrected chi connectivity index (χ3v) is 4.51. The van der Waals surface area contributed by atoms with Crippen LogP contribution in [0.1, 0.15) is 11.1 Å². The van der Waals surface area contributed by atoms with Crippen LogP contribution in [0.15, 0.2) is 48.5 Å². The van der Waals surface area contributed by atoms with Crippen molar-refractivity contribution in [3.8, 4) is 0 Å². The molecule has 0 radical (unpaired) electrons. The van der Waals surface area contributed by atoms with Crippen LogP contribution in [0.25, 0.3) is 0 Å². The molecule has 4 nitrogen and oxygen atoms in total. The summed E-state index contributed by atoms with van der Waals surface area (Å²) in [5.74, 6) is -0.202. The molecule has 2 amide bonds. The zero-order valence-corrected chi connectivity index (χ0v) is 13.9. The second-order valence-corrected chi connectivity index (χ2v) is 6.29. The third kappa shape index (κ3) is 4.11. The van der Waals surface area contributed by atoms with Gasteiger partial charge in [-0.1, -0.05) is 30.3 Å². The van der Waals surface area contributed by atoms with Crippen LogP contribution in [-0.4, -0.2) is 37.1 Å². The molecule has 5 heteroatoms. The molecule has 0 aromatic heterocycles. The van der Waals surface area contributed by atoms with Gasteiger partial charge in [0.2, 0.25) is 0 Å². The predicted octanol–water partition coefficient (Wildman–Crippen LogP) is 2.07. The summed E-state index contributed by atoms with van der Waals surface area (Å²) in [5.41, 5.74) is 3.05. The molecule has 126 valence electrons. The van der Waals surface area contributed by atoms with Crippen molar-refractivity contribution < 1.29 is 14.1 Å². The Morgan fingerprint density at radius 3 is 2.46 bits per heavy atom. The molecule has 3 rings (SSSR count). The zero-order chi connectivity index (χ0) is 16.9. The quantitative estimate of drug-likeness (QED) is 0.889. The first-order valence-electron chi connectivity index (χ1n) is 8.31. The van der Waals surface area contributed by atoms with Crippen molar-refractivity contribution in [2.24, 2.45) is 0 Å². The molecule has 0 unspecified atom stereocenters. The molecule has 1 fully saturated rings. The Labute approximate surface area is 141 Å². The standard InChI is InChI=1S/C19H22FN3O/c1-15-4-2-3-5-18(15)21-19(24)23-12-10-22(11-13-23)14-16-6-8-17(20)9-7-16/h2-9H,10-14H2,1H3,(H,21,24)/p+1. The highest BCUT2D eigenvalue weighted by Gasteiger charge is 2.24. The van der Waals surface area contributed by atoms with Crippen LogP contribution < -0.4 is 10.2 Å². The average molecular weight is 328 g/mol. The minimum absolute atomic E-state index is 0.0369. The summed E-state index contributed by atoms with van der Waals surface area (Å²) in [7, 11) is 0. The van der Waals surface area contributed by atoms with Crippen molar-refractivity contribution in [3.63, 3.8) is 0 Å². The molecule has 2 aromatic rings. The van der Waals surface area contributed by atoms with Gasteiger partial charge in [0.05, 0.1) is 26.2 Å². The highest BCUT2D eigenvalue weighted by molar-refractivity contribution is 5.90. The molecule has 1 aliphatic rings. The Balaban J connectivity index is 1.50. The van der Waals surface area contributed by atoms with Gasteiger partial charge in [-0.3, -0.25) is 0 Å². The van der Waals surface area contributed by atoms with Crippen LogP contribution in [0.5, 0.6) is 0 Å². The predicted molar refractivity (Wildman–Crippen MR) is 92.6 cm³/mol. The zero-order valence-electron chi connectivity index (χ0n) is 13.9. The van der Waals surface area contributed by atoms with E-state index in [1.54, 1.807) is 0 Å². The highest BCUT2D eigenvalue weighted by atomic mass is 19.1. The lowest BCUT2D eigenvalue weighted by atomic mass is 10.2. The van der Waals surface area contributed by atoms with E-state index in [2.05, 4.69) is 5.32 Å². The van der Waals surface area contributed by atoms with Crippen molar-refractivity contribution in [2.75, 3.05) is 31.5 Å². The Hall–Kier alpha value is -2.40. The number of carbonyl (C=O) groups is 1. The summed E-state index contributed by atoms with van der Waals surface area (Å²) >= 11 is 0. The Kier molecular flexibility index (Phi) is 5.11. The van der Waals surface area contributed by atoms with E-state index in [4.69, 9.17) is 0 Å². The number of halogens is 1. The van der Waals surface area contributed by atoms with Crippen LogP contribution in [0.4, 0.5) is 14.9 Å². The number of nitrogens with one attached hydrogen (secondary N) is 2. The van der Waals surface area contributed by atoms with E-state index in [-0.39, 0.29) is 11.8 Å². The number of piperazine rings is 1. The number of urea groups is 1. The number of anilines is 1. The number of carbonyl (C=O) groups excluding carboxylic acids is 1. The number of hydrogen-bond donors (Lipinski definition) is 2. The molecule has 0 bridgehead atoms. The SMILES string of the molecule is Cc1ccccc1NC(=O)N1CC[NH+](Cc2ccc(F)cc2)CC1. The summed E-state index contributed by atoms with van der Waals surface area (Å²) in [5, 5.41) is 2.99. The van der Waals surface area contributed by atoms with E-state index >= 15 is 0 Å². The summed E-state index contributed by atoms with van der Waals surface area (Å²) in [6.45, 7) is 6.12. The maximum Gasteiger partial charge on any atom is 0.322 e. The fraction of sp³-hybridized carbons (Fsp3) is 0.316. The van der Waals surface area contributed by atoms with E-state index < -0.39 is 0 Å². The van der Waals surface area contributed by atoms with Crippen LogP contribution in [0.3, 0.4) is 0 Å². The molecule has 0 atom stereocenters. The van der Waals surface area contributed by atoms with Crippen molar-refractivity contribution in [2.45, 2.75) is 13.5 Å². The first-order chi connectivity index (χ1) is 11.6. The number of para-hydroxylation sites is 1. The van der Waals surface area contributed by atoms with Gasteiger partial charge >= 0.3 is 6.03 Å². The van der Waals surface area contributed by atoms with Gasteiger partial charge < -0.3 is 15.1 Å². The topological polar surface area (TPSA) is 36.8 Å². The lowest BCUT2D eigenvalue weighted by Crippen LogP contribution is -3.13. The number of quaternary nitrogens is 1. The number of nitrogens with zero attached hydrogens (tertiary/aromatic N) is 1. The van der Waals surface area contributed by atoms with E-state index in [0.29, 0.717) is 0 Å². The van der Waals surface area contributed by atoms with Gasteiger partial charge in [0.1, 0.15) is 12.4 Å².